The zero-order valence-corrected chi connectivity index (χ0v) is 18.2. The van der Waals surface area contributed by atoms with E-state index < -0.39 is 0 Å². The van der Waals surface area contributed by atoms with Gasteiger partial charge in [0, 0.05) is 26.1 Å². The minimum absolute atomic E-state index is 0.0370. The Morgan fingerprint density at radius 1 is 0.966 bits per heavy atom. The molecule has 0 heterocycles. The van der Waals surface area contributed by atoms with Crippen LogP contribution >= 0.6 is 0 Å². The number of hydrogen-bond acceptors (Lipinski definition) is 4. The van der Waals surface area contributed by atoms with E-state index in [0.29, 0.717) is 18.6 Å². The molecule has 0 bridgehead atoms. The largest absolute Gasteiger partial charge is 0.497 e. The lowest BCUT2D eigenvalue weighted by molar-refractivity contribution is -0.123. The monoisotopic (exact) mass is 398 g/mol. The minimum atomic E-state index is -0.0370. The maximum Gasteiger partial charge on any atom is 0.154 e. The van der Waals surface area contributed by atoms with Crippen LogP contribution < -0.4 is 4.74 Å². The van der Waals surface area contributed by atoms with Crippen molar-refractivity contribution in [2.24, 2.45) is 0 Å². The smallest absolute Gasteiger partial charge is 0.154 e. The van der Waals surface area contributed by atoms with Crippen LogP contribution in [-0.2, 0) is 14.3 Å². The number of benzene rings is 2. The van der Waals surface area contributed by atoms with Gasteiger partial charge in [-0.2, -0.15) is 0 Å². The van der Waals surface area contributed by atoms with E-state index in [1.807, 2.05) is 32.9 Å². The lowest BCUT2D eigenvalue weighted by Crippen LogP contribution is -2.11. The van der Waals surface area contributed by atoms with Crippen molar-refractivity contribution >= 4 is 22.1 Å². The molecule has 2 aromatic carbocycles. The van der Waals surface area contributed by atoms with E-state index in [1.165, 1.54) is 21.9 Å². The van der Waals surface area contributed by atoms with Gasteiger partial charge in [0.1, 0.15) is 11.5 Å². The van der Waals surface area contributed by atoms with E-state index in [9.17, 15) is 4.79 Å². The predicted molar refractivity (Wildman–Crippen MR) is 121 cm³/mol. The Hall–Kier alpha value is -2.43. The van der Waals surface area contributed by atoms with Gasteiger partial charge in [0.2, 0.25) is 0 Å². The maximum absolute atomic E-state index is 11.3. The number of Topliss-reactive ketones (excluding diaryl/α,β-unsaturated/α-hetero) is 1. The van der Waals surface area contributed by atoms with Crippen molar-refractivity contribution in [3.05, 3.63) is 61.2 Å². The van der Waals surface area contributed by atoms with Gasteiger partial charge in [0.05, 0.1) is 7.11 Å². The standard InChI is InChI=1S/C17H16O2.C6H14O2.C2H4/c1-19-17-9-6-14-10-13(2-3-15(14)11-17)12-4-7-16(18)8-5-12;1-4-7-6(3)8-5-2;1-2/h2-4,6,9-11H,5,7-8H2,1H3;6H,4-5H2,1-3H3;1-2H2. The molecule has 158 valence electrons. The van der Waals surface area contributed by atoms with Crippen molar-refractivity contribution < 1.29 is 19.0 Å². The fraction of sp³-hybridized carbons (Fsp3) is 0.400. The second kappa shape index (κ2) is 13.7. The second-order valence-corrected chi connectivity index (χ2v) is 6.38. The third-order valence-electron chi connectivity index (χ3n) is 4.47. The van der Waals surface area contributed by atoms with Crippen molar-refractivity contribution in [2.75, 3.05) is 20.3 Å². The highest BCUT2D eigenvalue weighted by Gasteiger charge is 2.12. The molecule has 0 radical (unpaired) electrons. The van der Waals surface area contributed by atoms with Gasteiger partial charge in [0.15, 0.2) is 6.29 Å². The minimum Gasteiger partial charge on any atom is -0.497 e. The molecule has 1 aliphatic rings. The second-order valence-electron chi connectivity index (χ2n) is 6.38. The molecule has 4 nitrogen and oxygen atoms in total. The molecular weight excluding hydrogens is 364 g/mol. The van der Waals surface area contributed by atoms with Crippen molar-refractivity contribution in [3.63, 3.8) is 0 Å². The van der Waals surface area contributed by atoms with Gasteiger partial charge in [-0.3, -0.25) is 4.79 Å². The Labute approximate surface area is 175 Å². The number of allylic oxidation sites excluding steroid dienone is 2. The number of ketones is 1. The number of hydrogen-bond donors (Lipinski definition) is 0. The van der Waals surface area contributed by atoms with Crippen LogP contribution in [0.4, 0.5) is 0 Å². The Kier molecular flexibility index (Phi) is 11.6. The van der Waals surface area contributed by atoms with Crippen molar-refractivity contribution in [1.82, 2.24) is 0 Å². The summed E-state index contributed by atoms with van der Waals surface area (Å²) in [5.41, 5.74) is 2.52. The van der Waals surface area contributed by atoms with Crippen molar-refractivity contribution in [1.29, 1.82) is 0 Å². The first-order valence-electron chi connectivity index (χ1n) is 10.1. The Morgan fingerprint density at radius 2 is 1.59 bits per heavy atom. The normalized spacial score (nSPS) is 13.1. The topological polar surface area (TPSA) is 44.8 Å². The van der Waals surface area contributed by atoms with Gasteiger partial charge in [0.25, 0.3) is 0 Å². The van der Waals surface area contributed by atoms with Crippen LogP contribution in [0, 0.1) is 0 Å². The van der Waals surface area contributed by atoms with Crippen LogP contribution in [-0.4, -0.2) is 32.4 Å². The lowest BCUT2D eigenvalue weighted by Gasteiger charge is -2.13. The van der Waals surface area contributed by atoms with Gasteiger partial charge in [-0.15, -0.1) is 13.2 Å². The summed E-state index contributed by atoms with van der Waals surface area (Å²) in [5.74, 6) is 1.22. The number of ether oxygens (including phenoxy) is 3. The molecule has 1 aliphatic carbocycles. The van der Waals surface area contributed by atoms with Crippen LogP contribution in [0.1, 0.15) is 45.6 Å². The first kappa shape index (κ1) is 24.6. The number of fused-ring (bicyclic) bond motifs is 1. The van der Waals surface area contributed by atoms with Crippen molar-refractivity contribution in [2.45, 2.75) is 46.3 Å². The highest BCUT2D eigenvalue weighted by Crippen LogP contribution is 2.29. The van der Waals surface area contributed by atoms with E-state index >= 15 is 0 Å². The van der Waals surface area contributed by atoms with E-state index in [4.69, 9.17) is 14.2 Å². The highest BCUT2D eigenvalue weighted by atomic mass is 16.7. The molecule has 0 spiro atoms. The van der Waals surface area contributed by atoms with E-state index in [2.05, 4.69) is 43.5 Å². The molecule has 0 aliphatic heterocycles. The fourth-order valence-corrected chi connectivity index (χ4v) is 3.05. The Bertz CT molecular complexity index is 789. The summed E-state index contributed by atoms with van der Waals surface area (Å²) in [4.78, 5) is 11.3. The predicted octanol–water partition coefficient (Wildman–Crippen LogP) is 6.19. The van der Waals surface area contributed by atoms with E-state index in [0.717, 1.165) is 25.4 Å². The molecule has 3 rings (SSSR count). The summed E-state index contributed by atoms with van der Waals surface area (Å²) in [5, 5.41) is 2.38. The number of methoxy groups -OCH3 is 1. The first-order valence-corrected chi connectivity index (χ1v) is 10.1. The van der Waals surface area contributed by atoms with Crippen LogP contribution in [0.3, 0.4) is 0 Å². The fourth-order valence-electron chi connectivity index (χ4n) is 3.05. The highest BCUT2D eigenvalue weighted by molar-refractivity contribution is 5.90. The molecule has 2 aromatic rings. The molecule has 0 saturated heterocycles. The van der Waals surface area contributed by atoms with Crippen LogP contribution in [0.2, 0.25) is 0 Å². The van der Waals surface area contributed by atoms with Gasteiger partial charge < -0.3 is 14.2 Å². The number of rotatable bonds is 6. The first-order chi connectivity index (χ1) is 14.1. The molecule has 0 aromatic heterocycles. The lowest BCUT2D eigenvalue weighted by atomic mass is 9.92. The maximum atomic E-state index is 11.3. The third-order valence-corrected chi connectivity index (χ3v) is 4.47. The van der Waals surface area contributed by atoms with Gasteiger partial charge in [-0.05, 0) is 67.3 Å². The summed E-state index contributed by atoms with van der Waals surface area (Å²) < 4.78 is 15.4. The molecule has 0 unspecified atom stereocenters. The zero-order valence-electron chi connectivity index (χ0n) is 18.2. The summed E-state index contributed by atoms with van der Waals surface area (Å²) in [6.07, 6.45) is 4.14. The summed E-state index contributed by atoms with van der Waals surface area (Å²) in [7, 11) is 1.68. The quantitative estimate of drug-likeness (QED) is 0.430. The molecule has 0 saturated carbocycles. The van der Waals surface area contributed by atoms with Gasteiger partial charge >= 0.3 is 0 Å². The summed E-state index contributed by atoms with van der Waals surface area (Å²) >= 11 is 0. The molecule has 0 amide bonds. The third kappa shape index (κ3) is 8.22. The average molecular weight is 399 g/mol. The Morgan fingerprint density at radius 3 is 2.14 bits per heavy atom. The molecule has 0 atom stereocenters. The van der Waals surface area contributed by atoms with E-state index in [-0.39, 0.29) is 6.29 Å². The Balaban J connectivity index is 0.000000358. The molecule has 0 N–H and O–H groups in total. The van der Waals surface area contributed by atoms with E-state index in [1.54, 1.807) is 7.11 Å². The average Bonchev–Trinajstić information content (AvgIpc) is 2.76. The summed E-state index contributed by atoms with van der Waals surface area (Å²) in [6.45, 7) is 13.3. The molecule has 29 heavy (non-hydrogen) atoms. The molecular formula is C25H34O4. The zero-order chi connectivity index (χ0) is 21.6. The van der Waals surface area contributed by atoms with Gasteiger partial charge in [-0.25, -0.2) is 0 Å². The van der Waals surface area contributed by atoms with Gasteiger partial charge in [-0.1, -0.05) is 24.3 Å². The SMILES string of the molecule is C=C.CCOC(C)OCC.COc1ccc2cc(C3=CCC(=O)CC3)ccc2c1. The number of carbonyl (C=O) groups excluding carboxylic acids is 1. The molecule has 4 heteroatoms. The summed E-state index contributed by atoms with van der Waals surface area (Å²) in [6, 6.07) is 12.5. The van der Waals surface area contributed by atoms with Crippen molar-refractivity contribution in [3.8, 4) is 5.75 Å². The number of carbonyl (C=O) groups is 1. The van der Waals surface area contributed by atoms with Crippen LogP contribution in [0.25, 0.3) is 16.3 Å². The van der Waals surface area contributed by atoms with Crippen LogP contribution in [0.5, 0.6) is 5.75 Å². The van der Waals surface area contributed by atoms with Crippen LogP contribution in [0.15, 0.2) is 55.6 Å². The molecule has 0 fully saturated rings.